The summed E-state index contributed by atoms with van der Waals surface area (Å²) in [6, 6.07) is 5.00. The smallest absolute Gasteiger partial charge is 0.255 e. The van der Waals surface area contributed by atoms with Crippen molar-refractivity contribution in [2.75, 3.05) is 13.1 Å². The minimum absolute atomic E-state index is 0.0834. The maximum Gasteiger partial charge on any atom is 0.255 e. The number of rotatable bonds is 4. The second kappa shape index (κ2) is 6.68. The number of carbonyl (C=O) groups excluding carboxylic acids is 1. The molecule has 110 valence electrons. The summed E-state index contributed by atoms with van der Waals surface area (Å²) in [4.78, 5) is 14.5. The van der Waals surface area contributed by atoms with Gasteiger partial charge in [0.2, 0.25) is 0 Å². The fraction of sp³-hybridized carbons (Fsp3) is 0.533. The summed E-state index contributed by atoms with van der Waals surface area (Å²) in [5, 5.41) is 3.39. The van der Waals surface area contributed by atoms with E-state index in [1.54, 1.807) is 12.1 Å². The average molecular weight is 343 g/mol. The molecule has 1 amide bonds. The molecule has 0 bridgehead atoms. The summed E-state index contributed by atoms with van der Waals surface area (Å²) in [7, 11) is 0. The van der Waals surface area contributed by atoms with Crippen LogP contribution >= 0.6 is 15.9 Å². The average Bonchev–Trinajstić information content (AvgIpc) is 2.91. The number of amides is 1. The van der Waals surface area contributed by atoms with E-state index in [4.69, 9.17) is 0 Å². The Morgan fingerprint density at radius 3 is 2.90 bits per heavy atom. The van der Waals surface area contributed by atoms with Crippen LogP contribution in [-0.2, 0) is 0 Å². The molecule has 0 radical (unpaired) electrons. The van der Waals surface area contributed by atoms with Gasteiger partial charge in [0.1, 0.15) is 5.82 Å². The van der Waals surface area contributed by atoms with Crippen molar-refractivity contribution in [1.82, 2.24) is 10.2 Å². The van der Waals surface area contributed by atoms with E-state index in [-0.39, 0.29) is 16.4 Å². The molecule has 1 saturated heterocycles. The maximum absolute atomic E-state index is 13.6. The summed E-state index contributed by atoms with van der Waals surface area (Å²) in [5.41, 5.74) is 0.386. The monoisotopic (exact) mass is 342 g/mol. The first-order valence-corrected chi connectivity index (χ1v) is 7.78. The number of hydrogen-bond acceptors (Lipinski definition) is 2. The van der Waals surface area contributed by atoms with Crippen molar-refractivity contribution in [3.05, 3.63) is 34.1 Å². The van der Waals surface area contributed by atoms with Crippen molar-refractivity contribution in [3.8, 4) is 0 Å². The molecular weight excluding hydrogens is 323 g/mol. The molecule has 1 aliphatic rings. The third-order valence-electron chi connectivity index (χ3n) is 3.65. The van der Waals surface area contributed by atoms with Crippen molar-refractivity contribution < 1.29 is 9.18 Å². The molecule has 1 atom stereocenters. The van der Waals surface area contributed by atoms with E-state index in [0.29, 0.717) is 18.2 Å². The highest BCUT2D eigenvalue weighted by Gasteiger charge is 2.26. The van der Waals surface area contributed by atoms with Crippen LogP contribution in [0.2, 0.25) is 0 Å². The van der Waals surface area contributed by atoms with Crippen LogP contribution in [0.4, 0.5) is 4.39 Å². The molecule has 1 unspecified atom stereocenters. The minimum atomic E-state index is -0.404. The topological polar surface area (TPSA) is 32.3 Å². The quantitative estimate of drug-likeness (QED) is 0.911. The minimum Gasteiger partial charge on any atom is -0.335 e. The predicted molar refractivity (Wildman–Crippen MR) is 81.3 cm³/mol. The highest BCUT2D eigenvalue weighted by atomic mass is 79.9. The molecule has 20 heavy (non-hydrogen) atoms. The molecular formula is C15H20BrFN2O. The molecule has 0 aliphatic carbocycles. The van der Waals surface area contributed by atoms with Gasteiger partial charge in [0.25, 0.3) is 5.91 Å². The molecule has 1 aromatic carbocycles. The largest absolute Gasteiger partial charge is 0.335 e. The van der Waals surface area contributed by atoms with Crippen LogP contribution in [0.5, 0.6) is 0 Å². The van der Waals surface area contributed by atoms with Crippen LogP contribution in [0.25, 0.3) is 0 Å². The van der Waals surface area contributed by atoms with E-state index in [0.717, 1.165) is 19.4 Å². The first kappa shape index (κ1) is 15.4. The first-order valence-electron chi connectivity index (χ1n) is 6.99. The van der Waals surface area contributed by atoms with Gasteiger partial charge < -0.3 is 10.2 Å². The second-order valence-corrected chi connectivity index (χ2v) is 6.24. The van der Waals surface area contributed by atoms with Gasteiger partial charge >= 0.3 is 0 Å². The van der Waals surface area contributed by atoms with Gasteiger partial charge in [-0.15, -0.1) is 0 Å². The number of carbonyl (C=O) groups is 1. The van der Waals surface area contributed by atoms with Gasteiger partial charge in [-0.05, 0) is 61.3 Å². The zero-order chi connectivity index (χ0) is 14.7. The van der Waals surface area contributed by atoms with Gasteiger partial charge in [0, 0.05) is 18.6 Å². The van der Waals surface area contributed by atoms with Crippen LogP contribution < -0.4 is 5.32 Å². The van der Waals surface area contributed by atoms with Crippen molar-refractivity contribution in [2.45, 2.75) is 38.8 Å². The number of nitrogens with one attached hydrogen (secondary N) is 1. The Kier molecular flexibility index (Phi) is 5.16. The third-order valence-corrected chi connectivity index (χ3v) is 4.45. The number of halogens is 2. The van der Waals surface area contributed by atoms with E-state index in [2.05, 4.69) is 21.2 Å². The molecule has 1 N–H and O–H groups in total. The lowest BCUT2D eigenvalue weighted by Gasteiger charge is -2.30. The summed E-state index contributed by atoms with van der Waals surface area (Å²) < 4.78 is 13.8. The molecule has 3 nitrogen and oxygen atoms in total. The number of hydrogen-bond donors (Lipinski definition) is 1. The molecule has 2 rings (SSSR count). The lowest BCUT2D eigenvalue weighted by molar-refractivity contribution is 0.0687. The molecule has 0 saturated carbocycles. The van der Waals surface area contributed by atoms with Crippen molar-refractivity contribution >= 4 is 21.8 Å². The summed E-state index contributed by atoms with van der Waals surface area (Å²) >= 11 is 3.17. The van der Waals surface area contributed by atoms with Crippen LogP contribution in [0.1, 0.15) is 37.0 Å². The van der Waals surface area contributed by atoms with Crippen LogP contribution in [0, 0.1) is 5.82 Å². The van der Waals surface area contributed by atoms with E-state index >= 15 is 0 Å². The maximum atomic E-state index is 13.6. The summed E-state index contributed by atoms with van der Waals surface area (Å²) in [6.07, 6.45) is 2.23. The SMILES string of the molecule is CC(C)N(CC1CCCN1)C(=O)c1cccc(F)c1Br. The zero-order valence-corrected chi connectivity index (χ0v) is 13.4. The Hall–Kier alpha value is -0.940. The van der Waals surface area contributed by atoms with Gasteiger partial charge in [-0.2, -0.15) is 0 Å². The van der Waals surface area contributed by atoms with Gasteiger partial charge in [0.15, 0.2) is 0 Å². The Morgan fingerprint density at radius 1 is 1.55 bits per heavy atom. The van der Waals surface area contributed by atoms with Crippen molar-refractivity contribution in [3.63, 3.8) is 0 Å². The Labute approximate surface area is 127 Å². The zero-order valence-electron chi connectivity index (χ0n) is 11.8. The van der Waals surface area contributed by atoms with Crippen molar-refractivity contribution in [2.24, 2.45) is 0 Å². The fourth-order valence-corrected chi connectivity index (χ4v) is 2.94. The van der Waals surface area contributed by atoms with E-state index < -0.39 is 5.82 Å². The molecule has 0 spiro atoms. The van der Waals surface area contributed by atoms with Gasteiger partial charge in [-0.25, -0.2) is 4.39 Å². The standard InChI is InChI=1S/C15H20BrFN2O/c1-10(2)19(9-11-5-4-8-18-11)15(20)12-6-3-7-13(17)14(12)16/h3,6-7,10-11,18H,4-5,8-9H2,1-2H3. The lowest BCUT2D eigenvalue weighted by atomic mass is 10.1. The summed E-state index contributed by atoms with van der Waals surface area (Å²) in [6.45, 7) is 5.65. The van der Waals surface area contributed by atoms with Gasteiger partial charge in [-0.3, -0.25) is 4.79 Å². The molecule has 1 heterocycles. The van der Waals surface area contributed by atoms with Gasteiger partial charge in [-0.1, -0.05) is 6.07 Å². The predicted octanol–water partition coefficient (Wildman–Crippen LogP) is 3.19. The van der Waals surface area contributed by atoms with Crippen LogP contribution in [-0.4, -0.2) is 36.0 Å². The molecule has 0 aromatic heterocycles. The molecule has 5 heteroatoms. The Balaban J connectivity index is 2.19. The third kappa shape index (κ3) is 3.38. The fourth-order valence-electron chi connectivity index (χ4n) is 2.50. The Morgan fingerprint density at radius 2 is 2.30 bits per heavy atom. The normalized spacial score (nSPS) is 18.6. The van der Waals surface area contributed by atoms with E-state index in [9.17, 15) is 9.18 Å². The molecule has 1 aromatic rings. The molecule has 1 aliphatic heterocycles. The Bertz CT molecular complexity index is 487. The number of benzene rings is 1. The van der Waals surface area contributed by atoms with Crippen LogP contribution in [0.15, 0.2) is 22.7 Å². The second-order valence-electron chi connectivity index (χ2n) is 5.45. The number of nitrogens with zero attached hydrogens (tertiary/aromatic N) is 1. The first-order chi connectivity index (χ1) is 9.50. The van der Waals surface area contributed by atoms with E-state index in [1.807, 2.05) is 18.7 Å². The van der Waals surface area contributed by atoms with E-state index in [1.165, 1.54) is 6.07 Å². The highest BCUT2D eigenvalue weighted by molar-refractivity contribution is 9.10. The highest BCUT2D eigenvalue weighted by Crippen LogP contribution is 2.23. The van der Waals surface area contributed by atoms with Crippen LogP contribution in [0.3, 0.4) is 0 Å². The molecule has 1 fully saturated rings. The van der Waals surface area contributed by atoms with Crippen molar-refractivity contribution in [1.29, 1.82) is 0 Å². The lowest BCUT2D eigenvalue weighted by Crippen LogP contribution is -2.44. The van der Waals surface area contributed by atoms with Gasteiger partial charge in [0.05, 0.1) is 10.0 Å². The summed E-state index contributed by atoms with van der Waals surface area (Å²) in [5.74, 6) is -0.529.